The first kappa shape index (κ1) is 18.4. The van der Waals surface area contributed by atoms with E-state index < -0.39 is 0 Å². The standard InChI is InChI=1S/C24H19N3O2S/c1-29-17-11-12-21-22(13-17)30-24(26-21)27(15-16-7-3-2-4-8-16)23(28)19-14-25-20-10-6-5-9-18(19)20/h2-14,25H,15H2,1H3. The van der Waals surface area contributed by atoms with Gasteiger partial charge in [0.05, 0.1) is 29.4 Å². The fourth-order valence-electron chi connectivity index (χ4n) is 3.52. The number of para-hydroxylation sites is 1. The highest BCUT2D eigenvalue weighted by atomic mass is 32.1. The van der Waals surface area contributed by atoms with Crippen molar-refractivity contribution < 1.29 is 9.53 Å². The average molecular weight is 414 g/mol. The van der Waals surface area contributed by atoms with Gasteiger partial charge in [0.1, 0.15) is 5.75 Å². The van der Waals surface area contributed by atoms with Gasteiger partial charge >= 0.3 is 0 Å². The first-order chi connectivity index (χ1) is 14.7. The molecular weight excluding hydrogens is 394 g/mol. The van der Waals surface area contributed by atoms with Crippen LogP contribution in [-0.4, -0.2) is 23.0 Å². The summed E-state index contributed by atoms with van der Waals surface area (Å²) in [6, 6.07) is 23.6. The van der Waals surface area contributed by atoms with Crippen molar-refractivity contribution >= 4 is 43.5 Å². The Morgan fingerprint density at radius 3 is 2.70 bits per heavy atom. The van der Waals surface area contributed by atoms with Crippen molar-refractivity contribution in [1.82, 2.24) is 9.97 Å². The summed E-state index contributed by atoms with van der Waals surface area (Å²) in [7, 11) is 1.64. The molecule has 0 saturated heterocycles. The molecule has 30 heavy (non-hydrogen) atoms. The van der Waals surface area contributed by atoms with Crippen molar-refractivity contribution in [2.75, 3.05) is 12.0 Å². The van der Waals surface area contributed by atoms with Gasteiger partial charge in [-0.25, -0.2) is 4.98 Å². The number of amides is 1. The molecule has 0 spiro atoms. The fraction of sp³-hybridized carbons (Fsp3) is 0.0833. The lowest BCUT2D eigenvalue weighted by Crippen LogP contribution is -2.30. The normalized spacial score (nSPS) is 11.1. The molecule has 1 N–H and O–H groups in total. The maximum absolute atomic E-state index is 13.7. The molecule has 0 fully saturated rings. The number of carbonyl (C=O) groups excluding carboxylic acids is 1. The van der Waals surface area contributed by atoms with Gasteiger partial charge in [-0.1, -0.05) is 59.9 Å². The van der Waals surface area contributed by atoms with Gasteiger partial charge in [-0.3, -0.25) is 9.69 Å². The lowest BCUT2D eigenvalue weighted by atomic mass is 10.1. The molecule has 0 aliphatic rings. The number of aromatic nitrogens is 2. The molecule has 0 saturated carbocycles. The first-order valence-electron chi connectivity index (χ1n) is 9.59. The SMILES string of the molecule is COc1ccc2nc(N(Cc3ccccc3)C(=O)c3c[nH]c4ccccc34)sc2c1. The number of nitrogens with zero attached hydrogens (tertiary/aromatic N) is 2. The topological polar surface area (TPSA) is 58.2 Å². The summed E-state index contributed by atoms with van der Waals surface area (Å²) in [5.41, 5.74) is 3.47. The number of hydrogen-bond acceptors (Lipinski definition) is 4. The molecule has 5 aromatic rings. The lowest BCUT2D eigenvalue weighted by molar-refractivity contribution is 0.0986. The molecule has 2 aromatic heterocycles. The Morgan fingerprint density at radius 1 is 1.07 bits per heavy atom. The van der Waals surface area contributed by atoms with Gasteiger partial charge in [-0.15, -0.1) is 0 Å². The Hall–Kier alpha value is -3.64. The number of benzene rings is 3. The molecule has 0 atom stereocenters. The monoisotopic (exact) mass is 413 g/mol. The number of fused-ring (bicyclic) bond motifs is 2. The van der Waals surface area contributed by atoms with E-state index in [0.717, 1.165) is 32.4 Å². The minimum Gasteiger partial charge on any atom is -0.497 e. The highest BCUT2D eigenvalue weighted by Crippen LogP contribution is 2.33. The Kier molecular flexibility index (Phi) is 4.69. The van der Waals surface area contributed by atoms with Crippen molar-refractivity contribution in [3.8, 4) is 5.75 Å². The molecule has 1 amide bonds. The molecule has 148 valence electrons. The van der Waals surface area contributed by atoms with Gasteiger partial charge in [0.25, 0.3) is 5.91 Å². The summed E-state index contributed by atoms with van der Waals surface area (Å²) < 4.78 is 6.32. The van der Waals surface area contributed by atoms with Crippen LogP contribution < -0.4 is 9.64 Å². The minimum atomic E-state index is -0.0812. The summed E-state index contributed by atoms with van der Waals surface area (Å²) in [5, 5.41) is 1.57. The third-order valence-electron chi connectivity index (χ3n) is 5.06. The predicted molar refractivity (Wildman–Crippen MR) is 121 cm³/mol. The van der Waals surface area contributed by atoms with Crippen LogP contribution in [-0.2, 0) is 6.54 Å². The summed E-state index contributed by atoms with van der Waals surface area (Å²) in [4.78, 5) is 23.4. The second kappa shape index (κ2) is 7.65. The van der Waals surface area contributed by atoms with Crippen molar-refractivity contribution in [3.05, 3.63) is 90.1 Å². The van der Waals surface area contributed by atoms with Gasteiger partial charge in [0.2, 0.25) is 0 Å². The molecule has 0 aliphatic carbocycles. The van der Waals surface area contributed by atoms with E-state index in [1.807, 2.05) is 72.8 Å². The van der Waals surface area contributed by atoms with E-state index >= 15 is 0 Å². The quantitative estimate of drug-likeness (QED) is 0.406. The van der Waals surface area contributed by atoms with Crippen LogP contribution in [0.1, 0.15) is 15.9 Å². The smallest absolute Gasteiger partial charge is 0.262 e. The van der Waals surface area contributed by atoms with E-state index in [1.165, 1.54) is 11.3 Å². The molecule has 0 bridgehead atoms. The first-order valence-corrected chi connectivity index (χ1v) is 10.4. The number of methoxy groups -OCH3 is 1. The summed E-state index contributed by atoms with van der Waals surface area (Å²) in [6.07, 6.45) is 1.78. The zero-order valence-electron chi connectivity index (χ0n) is 16.3. The van der Waals surface area contributed by atoms with Gasteiger partial charge in [-0.05, 0) is 29.8 Å². The fourth-order valence-corrected chi connectivity index (χ4v) is 4.51. The minimum absolute atomic E-state index is 0.0812. The Bertz CT molecular complexity index is 1340. The maximum Gasteiger partial charge on any atom is 0.262 e. The van der Waals surface area contributed by atoms with Gasteiger partial charge < -0.3 is 9.72 Å². The molecular formula is C24H19N3O2S. The summed E-state index contributed by atoms with van der Waals surface area (Å²) in [6.45, 7) is 0.441. The van der Waals surface area contributed by atoms with Crippen LogP contribution >= 0.6 is 11.3 Å². The van der Waals surface area contributed by atoms with Gasteiger partial charge in [0, 0.05) is 17.1 Å². The number of hydrogen-bond donors (Lipinski definition) is 1. The van der Waals surface area contributed by atoms with Crippen LogP contribution in [0.4, 0.5) is 5.13 Å². The van der Waals surface area contributed by atoms with E-state index in [1.54, 1.807) is 18.2 Å². The van der Waals surface area contributed by atoms with Crippen molar-refractivity contribution in [1.29, 1.82) is 0 Å². The molecule has 0 aliphatic heterocycles. The Morgan fingerprint density at radius 2 is 1.87 bits per heavy atom. The number of nitrogens with one attached hydrogen (secondary N) is 1. The number of aromatic amines is 1. The van der Waals surface area contributed by atoms with Crippen LogP contribution in [0, 0.1) is 0 Å². The molecule has 5 rings (SSSR count). The molecule has 2 heterocycles. The van der Waals surface area contributed by atoms with Gasteiger partial charge in [-0.2, -0.15) is 0 Å². The lowest BCUT2D eigenvalue weighted by Gasteiger charge is -2.19. The highest BCUT2D eigenvalue weighted by Gasteiger charge is 2.24. The Labute approximate surface area is 177 Å². The van der Waals surface area contributed by atoms with E-state index in [2.05, 4.69) is 4.98 Å². The third kappa shape index (κ3) is 3.31. The molecule has 6 heteroatoms. The number of anilines is 1. The van der Waals surface area contributed by atoms with Crippen LogP contribution in [0.15, 0.2) is 79.0 Å². The molecule has 0 radical (unpaired) electrons. The van der Waals surface area contributed by atoms with E-state index in [9.17, 15) is 4.79 Å². The molecule has 3 aromatic carbocycles. The number of H-pyrrole nitrogens is 1. The predicted octanol–water partition coefficient (Wildman–Crippen LogP) is 5.63. The number of thiazole rings is 1. The highest BCUT2D eigenvalue weighted by molar-refractivity contribution is 7.22. The van der Waals surface area contributed by atoms with Crippen molar-refractivity contribution in [2.24, 2.45) is 0 Å². The van der Waals surface area contributed by atoms with E-state index in [4.69, 9.17) is 9.72 Å². The molecule has 5 nitrogen and oxygen atoms in total. The largest absolute Gasteiger partial charge is 0.497 e. The van der Waals surface area contributed by atoms with Crippen molar-refractivity contribution in [3.63, 3.8) is 0 Å². The number of ether oxygens (including phenoxy) is 1. The summed E-state index contributed by atoms with van der Waals surface area (Å²) in [5.74, 6) is 0.692. The summed E-state index contributed by atoms with van der Waals surface area (Å²) >= 11 is 1.49. The van der Waals surface area contributed by atoms with Crippen LogP contribution in [0.25, 0.3) is 21.1 Å². The van der Waals surface area contributed by atoms with Crippen LogP contribution in [0.2, 0.25) is 0 Å². The maximum atomic E-state index is 13.7. The second-order valence-electron chi connectivity index (χ2n) is 6.95. The van der Waals surface area contributed by atoms with Crippen LogP contribution in [0.5, 0.6) is 5.75 Å². The van der Waals surface area contributed by atoms with Gasteiger partial charge in [0.15, 0.2) is 5.13 Å². The van der Waals surface area contributed by atoms with E-state index in [0.29, 0.717) is 17.2 Å². The zero-order chi connectivity index (χ0) is 20.5. The van der Waals surface area contributed by atoms with Crippen molar-refractivity contribution in [2.45, 2.75) is 6.54 Å². The van der Waals surface area contributed by atoms with E-state index in [-0.39, 0.29) is 5.91 Å². The second-order valence-corrected chi connectivity index (χ2v) is 7.96. The number of rotatable bonds is 5. The third-order valence-corrected chi connectivity index (χ3v) is 6.10. The average Bonchev–Trinajstić information content (AvgIpc) is 3.41. The van der Waals surface area contributed by atoms with Crippen LogP contribution in [0.3, 0.4) is 0 Å². The zero-order valence-corrected chi connectivity index (χ0v) is 17.1. The Balaban J connectivity index is 1.60. The number of carbonyl (C=O) groups is 1. The molecule has 0 unspecified atom stereocenters.